The first-order valence-electron chi connectivity index (χ1n) is 5.98. The van der Waals surface area contributed by atoms with Crippen molar-refractivity contribution in [2.45, 2.75) is 27.7 Å². The number of hydrogen-bond acceptors (Lipinski definition) is 2. The van der Waals surface area contributed by atoms with E-state index in [0.29, 0.717) is 0 Å². The molecule has 0 heterocycles. The molecule has 0 amide bonds. The molecule has 2 nitrogen and oxygen atoms in total. The van der Waals surface area contributed by atoms with Crippen LogP contribution in [0.25, 0.3) is 0 Å². The Labute approximate surface area is 118 Å². The molecule has 0 bridgehead atoms. The van der Waals surface area contributed by atoms with Crippen LogP contribution in [0.5, 0.6) is 0 Å². The van der Waals surface area contributed by atoms with E-state index in [4.69, 9.17) is 0 Å². The van der Waals surface area contributed by atoms with Gasteiger partial charge < -0.3 is 0 Å². The van der Waals surface area contributed by atoms with Gasteiger partial charge in [-0.05, 0) is 26.0 Å². The Bertz CT molecular complexity index is 473. The van der Waals surface area contributed by atoms with Gasteiger partial charge in [-0.3, -0.25) is 0 Å². The van der Waals surface area contributed by atoms with Gasteiger partial charge in [-0.15, -0.1) is 0 Å². The molecule has 106 valence electrons. The van der Waals surface area contributed by atoms with Crippen molar-refractivity contribution in [3.05, 3.63) is 71.6 Å². The average molecular weight is 280 g/mol. The van der Waals surface area contributed by atoms with E-state index in [-0.39, 0.29) is 9.81 Å². The maximum Gasteiger partial charge on any atom is 0.205 e. The lowest BCUT2D eigenvalue weighted by Crippen LogP contribution is -2.02. The van der Waals surface area contributed by atoms with Gasteiger partial charge in [0.1, 0.15) is 0 Å². The third-order valence-electron chi connectivity index (χ3n) is 1.80. The smallest absolute Gasteiger partial charge is 0.205 e. The standard InChI is InChI=1S/C14H18O2S.C2H6/c1-11(2)7-9-13(5)17(15,16)14(6)10-8-12(3)4;1-2/h7-10H,1,3,5-6H2,2,4H3;1-2H3/b9-7-,10-8-;. The van der Waals surface area contributed by atoms with E-state index < -0.39 is 9.84 Å². The van der Waals surface area contributed by atoms with E-state index in [1.54, 1.807) is 26.0 Å². The van der Waals surface area contributed by atoms with Crippen LogP contribution in [0.2, 0.25) is 0 Å². The monoisotopic (exact) mass is 280 g/mol. The van der Waals surface area contributed by atoms with Crippen LogP contribution in [0.1, 0.15) is 27.7 Å². The molecule has 0 aromatic rings. The van der Waals surface area contributed by atoms with Crippen molar-refractivity contribution in [3.8, 4) is 0 Å². The van der Waals surface area contributed by atoms with Crippen LogP contribution in [0.15, 0.2) is 71.6 Å². The van der Waals surface area contributed by atoms with Crippen molar-refractivity contribution in [2.75, 3.05) is 0 Å². The second-order valence-corrected chi connectivity index (χ2v) is 5.85. The van der Waals surface area contributed by atoms with E-state index in [2.05, 4.69) is 26.3 Å². The Morgan fingerprint density at radius 1 is 0.737 bits per heavy atom. The van der Waals surface area contributed by atoms with E-state index in [9.17, 15) is 8.42 Å². The minimum absolute atomic E-state index is 0.00290. The quantitative estimate of drug-likeness (QED) is 0.660. The highest BCUT2D eigenvalue weighted by atomic mass is 32.2. The Hall–Kier alpha value is -1.61. The molecule has 0 atom stereocenters. The summed E-state index contributed by atoms with van der Waals surface area (Å²) in [7, 11) is -3.58. The summed E-state index contributed by atoms with van der Waals surface area (Å²) < 4.78 is 23.8. The highest BCUT2D eigenvalue weighted by Crippen LogP contribution is 2.17. The lowest BCUT2D eigenvalue weighted by atomic mass is 10.3. The summed E-state index contributed by atoms with van der Waals surface area (Å²) in [5, 5.41) is 0. The van der Waals surface area contributed by atoms with Crippen LogP contribution >= 0.6 is 0 Å². The highest BCUT2D eigenvalue weighted by molar-refractivity contribution is 7.99. The molecule has 0 N–H and O–H groups in total. The zero-order valence-corrected chi connectivity index (χ0v) is 13.2. The molecule has 0 fully saturated rings. The maximum absolute atomic E-state index is 11.9. The van der Waals surface area contributed by atoms with Crippen molar-refractivity contribution in [1.29, 1.82) is 0 Å². The third kappa shape index (κ3) is 8.16. The summed E-state index contributed by atoms with van der Waals surface area (Å²) >= 11 is 0. The van der Waals surface area contributed by atoms with E-state index in [0.717, 1.165) is 11.1 Å². The first-order chi connectivity index (χ1) is 8.67. The van der Waals surface area contributed by atoms with Gasteiger partial charge in [0.15, 0.2) is 0 Å². The zero-order chi connectivity index (χ0) is 15.6. The molecule has 0 saturated heterocycles. The van der Waals surface area contributed by atoms with Crippen LogP contribution in [-0.2, 0) is 9.84 Å². The molecule has 0 radical (unpaired) electrons. The molecule has 0 spiro atoms. The van der Waals surface area contributed by atoms with Gasteiger partial charge >= 0.3 is 0 Å². The molecule has 3 heteroatoms. The van der Waals surface area contributed by atoms with Crippen molar-refractivity contribution in [2.24, 2.45) is 0 Å². The van der Waals surface area contributed by atoms with Gasteiger partial charge in [-0.25, -0.2) is 8.42 Å². The highest BCUT2D eigenvalue weighted by Gasteiger charge is 2.15. The summed E-state index contributed by atoms with van der Waals surface area (Å²) in [5.41, 5.74) is 1.51. The molecule has 0 rings (SSSR count). The van der Waals surface area contributed by atoms with Crippen LogP contribution in [0, 0.1) is 0 Å². The molecule has 0 aliphatic carbocycles. The van der Waals surface area contributed by atoms with Gasteiger partial charge in [0.2, 0.25) is 9.84 Å². The molecule has 0 unspecified atom stereocenters. The largest absolute Gasteiger partial charge is 0.219 e. The van der Waals surface area contributed by atoms with Crippen LogP contribution < -0.4 is 0 Å². The number of rotatable bonds is 6. The summed E-state index contributed by atoms with van der Waals surface area (Å²) in [5.74, 6) is 0. The SMILES string of the molecule is C=C(C)/C=C\C(=C)S(=O)(=O)C(=C)/C=C\C(=C)C.CC. The number of allylic oxidation sites excluding steroid dienone is 6. The molecule has 0 aliphatic rings. The summed E-state index contributed by atoms with van der Waals surface area (Å²) in [6, 6.07) is 0. The second-order valence-electron chi connectivity index (χ2n) is 3.80. The van der Waals surface area contributed by atoms with Gasteiger partial charge in [0.25, 0.3) is 0 Å². The first-order valence-corrected chi connectivity index (χ1v) is 7.46. The molecular formula is C16H24O2S. The van der Waals surface area contributed by atoms with Crippen LogP contribution in [-0.4, -0.2) is 8.42 Å². The topological polar surface area (TPSA) is 34.1 Å². The number of hydrogen-bond donors (Lipinski definition) is 0. The van der Waals surface area contributed by atoms with E-state index >= 15 is 0 Å². The third-order valence-corrected chi connectivity index (χ3v) is 3.45. The van der Waals surface area contributed by atoms with Gasteiger partial charge in [-0.2, -0.15) is 0 Å². The Kier molecular flexibility index (Phi) is 9.69. The second kappa shape index (κ2) is 9.34. The first kappa shape index (κ1) is 19.7. The fourth-order valence-corrected chi connectivity index (χ4v) is 1.65. The fraction of sp³-hybridized carbons (Fsp3) is 0.250. The fourth-order valence-electron chi connectivity index (χ4n) is 0.818. The normalized spacial score (nSPS) is 10.9. The van der Waals surface area contributed by atoms with Gasteiger partial charge in [-0.1, -0.05) is 63.5 Å². The van der Waals surface area contributed by atoms with Crippen LogP contribution in [0.3, 0.4) is 0 Å². The van der Waals surface area contributed by atoms with Crippen molar-refractivity contribution in [1.82, 2.24) is 0 Å². The minimum Gasteiger partial charge on any atom is -0.219 e. The number of sulfone groups is 1. The minimum atomic E-state index is -3.58. The Morgan fingerprint density at radius 3 is 1.21 bits per heavy atom. The van der Waals surface area contributed by atoms with Crippen molar-refractivity contribution >= 4 is 9.84 Å². The Morgan fingerprint density at radius 2 is 1.00 bits per heavy atom. The van der Waals surface area contributed by atoms with E-state index in [1.165, 1.54) is 12.2 Å². The predicted molar refractivity (Wildman–Crippen MR) is 86.5 cm³/mol. The van der Waals surface area contributed by atoms with Gasteiger partial charge in [0, 0.05) is 0 Å². The lowest BCUT2D eigenvalue weighted by molar-refractivity contribution is 0.609. The molecule has 0 aromatic heterocycles. The molecule has 0 aromatic carbocycles. The summed E-state index contributed by atoms with van der Waals surface area (Å²) in [6.45, 7) is 21.9. The van der Waals surface area contributed by atoms with Crippen molar-refractivity contribution < 1.29 is 8.42 Å². The van der Waals surface area contributed by atoms with Gasteiger partial charge in [0.05, 0.1) is 9.81 Å². The summed E-state index contributed by atoms with van der Waals surface area (Å²) in [6.07, 6.45) is 6.01. The summed E-state index contributed by atoms with van der Waals surface area (Å²) in [4.78, 5) is -0.00580. The zero-order valence-electron chi connectivity index (χ0n) is 12.4. The van der Waals surface area contributed by atoms with Crippen LogP contribution in [0.4, 0.5) is 0 Å². The molecule has 0 aliphatic heterocycles. The molecular weight excluding hydrogens is 256 g/mol. The predicted octanol–water partition coefficient (Wildman–Crippen LogP) is 4.72. The van der Waals surface area contributed by atoms with Crippen molar-refractivity contribution in [3.63, 3.8) is 0 Å². The average Bonchev–Trinajstić information content (AvgIpc) is 2.34. The molecule has 19 heavy (non-hydrogen) atoms. The lowest BCUT2D eigenvalue weighted by Gasteiger charge is -2.03. The molecule has 0 saturated carbocycles. The Balaban J connectivity index is 0. The maximum atomic E-state index is 11.9. The van der Waals surface area contributed by atoms with E-state index in [1.807, 2.05) is 13.8 Å².